The lowest BCUT2D eigenvalue weighted by atomic mass is 9.67. The fourth-order valence-corrected chi connectivity index (χ4v) is 11.3. The van der Waals surface area contributed by atoms with E-state index in [0.29, 0.717) is 0 Å². The molecule has 1 aliphatic carbocycles. The van der Waals surface area contributed by atoms with E-state index in [9.17, 15) is 0 Å². The highest BCUT2D eigenvalue weighted by Gasteiger charge is 2.46. The molecule has 1 aliphatic rings. The average Bonchev–Trinajstić information content (AvgIpc) is 3.71. The van der Waals surface area contributed by atoms with Crippen LogP contribution >= 0.6 is 0 Å². The molecule has 0 fully saturated rings. The first-order valence-electron chi connectivity index (χ1n) is 23.3. The third-order valence-corrected chi connectivity index (χ3v) is 14.3. The van der Waals surface area contributed by atoms with E-state index in [0.717, 1.165) is 0 Å². The van der Waals surface area contributed by atoms with Crippen LogP contribution < -0.4 is 0 Å². The first kappa shape index (κ1) is 38.8. The fourth-order valence-electron chi connectivity index (χ4n) is 11.3. The largest absolute Gasteiger partial charge is 0.0713 e. The molecule has 0 spiro atoms. The van der Waals surface area contributed by atoms with Gasteiger partial charge in [-0.2, -0.15) is 0 Å². The highest BCUT2D eigenvalue weighted by molar-refractivity contribution is 6.21. The van der Waals surface area contributed by atoms with Crippen molar-refractivity contribution in [1.29, 1.82) is 0 Å². The van der Waals surface area contributed by atoms with Crippen molar-refractivity contribution in [2.24, 2.45) is 0 Å². The van der Waals surface area contributed by atoms with Gasteiger partial charge >= 0.3 is 0 Å². The van der Waals surface area contributed by atoms with Crippen molar-refractivity contribution in [3.8, 4) is 66.8 Å². The molecule has 0 nitrogen and oxygen atoms in total. The van der Waals surface area contributed by atoms with Crippen LogP contribution in [0.2, 0.25) is 0 Å². The predicted molar refractivity (Wildman–Crippen MR) is 283 cm³/mol. The normalized spacial score (nSPS) is 14.0. The summed E-state index contributed by atoms with van der Waals surface area (Å²) in [5.41, 5.74) is 19.4. The lowest BCUT2D eigenvalue weighted by Crippen LogP contribution is -2.28. The maximum Gasteiger partial charge on any atom is 0.0713 e. The van der Waals surface area contributed by atoms with E-state index < -0.39 is 5.41 Å². The van der Waals surface area contributed by atoms with Gasteiger partial charge in [-0.25, -0.2) is 0 Å². The van der Waals surface area contributed by atoms with E-state index in [-0.39, 0.29) is 0 Å². The van der Waals surface area contributed by atoms with Crippen molar-refractivity contribution in [3.05, 3.63) is 289 Å². The van der Waals surface area contributed by atoms with Gasteiger partial charge in [-0.05, 0) is 152 Å². The molecule has 0 N–H and O–H groups in total. The van der Waals surface area contributed by atoms with Gasteiger partial charge in [0, 0.05) is 0 Å². The van der Waals surface area contributed by atoms with Crippen LogP contribution in [0.1, 0.15) is 22.3 Å². The molecule has 1 unspecified atom stereocenters. The molecule has 12 aromatic carbocycles. The Labute approximate surface area is 391 Å². The molecular formula is C67H44. The van der Waals surface area contributed by atoms with Gasteiger partial charge in [0.1, 0.15) is 0 Å². The summed E-state index contributed by atoms with van der Waals surface area (Å²) in [5.74, 6) is 0. The zero-order valence-electron chi connectivity index (χ0n) is 36.9. The summed E-state index contributed by atoms with van der Waals surface area (Å²) < 4.78 is 0. The molecule has 0 saturated carbocycles. The topological polar surface area (TPSA) is 0 Å². The van der Waals surface area contributed by atoms with E-state index in [1.165, 1.54) is 121 Å². The maximum absolute atomic E-state index is 2.52. The number of hydrogen-bond donors (Lipinski definition) is 0. The van der Waals surface area contributed by atoms with Gasteiger partial charge in [0.05, 0.1) is 5.41 Å². The minimum absolute atomic E-state index is 0.525. The molecule has 0 bridgehead atoms. The molecule has 0 radical (unpaired) electrons. The minimum Gasteiger partial charge on any atom is -0.0622 e. The third-order valence-electron chi connectivity index (χ3n) is 14.3. The van der Waals surface area contributed by atoms with Gasteiger partial charge in [-0.15, -0.1) is 0 Å². The Morgan fingerprint density at radius 2 is 0.642 bits per heavy atom. The Bertz CT molecular complexity index is 3710. The highest BCUT2D eigenvalue weighted by atomic mass is 14.5. The van der Waals surface area contributed by atoms with Crippen molar-refractivity contribution in [1.82, 2.24) is 0 Å². The lowest BCUT2D eigenvalue weighted by Gasteiger charge is -2.34. The summed E-state index contributed by atoms with van der Waals surface area (Å²) in [5, 5.41) is 7.47. The molecule has 0 heterocycles. The third kappa shape index (κ3) is 6.29. The molecule has 0 saturated heterocycles. The first-order valence-corrected chi connectivity index (χ1v) is 23.3. The first-order chi connectivity index (χ1) is 33.2. The van der Waals surface area contributed by atoms with Crippen LogP contribution in [0.4, 0.5) is 0 Å². The van der Waals surface area contributed by atoms with E-state index in [4.69, 9.17) is 0 Å². The maximum atomic E-state index is 2.52. The summed E-state index contributed by atoms with van der Waals surface area (Å²) in [6.07, 6.45) is 0. The van der Waals surface area contributed by atoms with Crippen LogP contribution in [0, 0.1) is 0 Å². The quantitative estimate of drug-likeness (QED) is 0.140. The van der Waals surface area contributed by atoms with Crippen LogP contribution in [0.15, 0.2) is 267 Å². The van der Waals surface area contributed by atoms with Crippen LogP contribution in [-0.2, 0) is 5.41 Å². The van der Waals surface area contributed by atoms with Crippen LogP contribution in [0.5, 0.6) is 0 Å². The van der Waals surface area contributed by atoms with Gasteiger partial charge < -0.3 is 0 Å². The van der Waals surface area contributed by atoms with E-state index >= 15 is 0 Å². The zero-order valence-corrected chi connectivity index (χ0v) is 36.9. The predicted octanol–water partition coefficient (Wildman–Crippen LogP) is 17.8. The molecule has 0 aliphatic heterocycles. The van der Waals surface area contributed by atoms with E-state index in [1.54, 1.807) is 0 Å². The van der Waals surface area contributed by atoms with E-state index in [1.807, 2.05) is 0 Å². The molecule has 0 heteroatoms. The standard InChI is InChI=1S/C67H44/c1-4-18-45(19-5-1)52-40-53(46-20-6-2-7-21-46)42-54(41-52)48-32-34-49(35-33-48)65-59-27-12-14-29-61(59)66(62-30-15-13-28-60(62)65)51-37-39-58-57-26-16-17-31-63(57)67(64(58)44-51,55-24-8-3-9-25-55)56-38-36-47-22-10-11-23-50(47)43-56/h1-44H. The summed E-state index contributed by atoms with van der Waals surface area (Å²) in [6, 6.07) is 99.0. The lowest BCUT2D eigenvalue weighted by molar-refractivity contribution is 0.770. The minimum atomic E-state index is -0.525. The summed E-state index contributed by atoms with van der Waals surface area (Å²) >= 11 is 0. The van der Waals surface area contributed by atoms with Gasteiger partial charge in [-0.3, -0.25) is 0 Å². The number of rotatable bonds is 7. The van der Waals surface area contributed by atoms with Gasteiger partial charge in [-0.1, -0.05) is 237 Å². The molecular weight excluding hydrogens is 805 g/mol. The van der Waals surface area contributed by atoms with Crippen molar-refractivity contribution < 1.29 is 0 Å². The van der Waals surface area contributed by atoms with Crippen LogP contribution in [0.3, 0.4) is 0 Å². The van der Waals surface area contributed by atoms with Crippen molar-refractivity contribution in [2.75, 3.05) is 0 Å². The Kier molecular flexibility index (Phi) is 9.18. The molecule has 1 atom stereocenters. The summed E-state index contributed by atoms with van der Waals surface area (Å²) in [4.78, 5) is 0. The smallest absolute Gasteiger partial charge is 0.0622 e. The van der Waals surface area contributed by atoms with E-state index in [2.05, 4.69) is 267 Å². The molecule has 67 heavy (non-hydrogen) atoms. The summed E-state index contributed by atoms with van der Waals surface area (Å²) in [6.45, 7) is 0. The molecule has 0 amide bonds. The number of benzene rings is 12. The van der Waals surface area contributed by atoms with Gasteiger partial charge in [0.15, 0.2) is 0 Å². The molecule has 0 aromatic heterocycles. The Hall–Kier alpha value is -8.58. The Morgan fingerprint density at radius 1 is 0.209 bits per heavy atom. The van der Waals surface area contributed by atoms with Crippen LogP contribution in [-0.4, -0.2) is 0 Å². The summed E-state index contributed by atoms with van der Waals surface area (Å²) in [7, 11) is 0. The van der Waals surface area contributed by atoms with Crippen molar-refractivity contribution >= 4 is 32.3 Å². The van der Waals surface area contributed by atoms with Crippen molar-refractivity contribution in [3.63, 3.8) is 0 Å². The highest BCUT2D eigenvalue weighted by Crippen LogP contribution is 2.57. The monoisotopic (exact) mass is 848 g/mol. The van der Waals surface area contributed by atoms with Crippen LogP contribution in [0.25, 0.3) is 99.1 Å². The number of fused-ring (bicyclic) bond motifs is 6. The second-order valence-electron chi connectivity index (χ2n) is 17.9. The molecule has 13 rings (SSSR count). The zero-order chi connectivity index (χ0) is 44.3. The van der Waals surface area contributed by atoms with Gasteiger partial charge in [0.2, 0.25) is 0 Å². The molecule has 12 aromatic rings. The number of hydrogen-bond acceptors (Lipinski definition) is 0. The Balaban J connectivity index is 0.994. The Morgan fingerprint density at radius 3 is 1.24 bits per heavy atom. The SMILES string of the molecule is c1ccc(-c2cc(-c3ccccc3)cc(-c3ccc(-c4c5ccccc5c(-c5ccc6c(c5)C(c5ccccc5)(c5ccc7ccccc7c5)c5ccccc5-6)c5ccccc45)cc3)c2)cc1. The van der Waals surface area contributed by atoms with Crippen molar-refractivity contribution in [2.45, 2.75) is 5.41 Å². The fraction of sp³-hybridized carbons (Fsp3) is 0.0149. The van der Waals surface area contributed by atoms with Gasteiger partial charge in [0.25, 0.3) is 0 Å². The molecule has 312 valence electrons. The average molecular weight is 849 g/mol. The second kappa shape index (κ2) is 15.8. The second-order valence-corrected chi connectivity index (χ2v) is 17.9.